The van der Waals surface area contributed by atoms with Crippen LogP contribution in [0.4, 0.5) is 0 Å². The Morgan fingerprint density at radius 2 is 1.78 bits per heavy atom. The molecule has 0 amide bonds. The summed E-state index contributed by atoms with van der Waals surface area (Å²) in [5, 5.41) is 7.12. The number of rotatable bonds is 2. The van der Waals surface area contributed by atoms with Crippen molar-refractivity contribution in [1.29, 1.82) is 0 Å². The fourth-order valence-electron chi connectivity index (χ4n) is 2.71. The van der Waals surface area contributed by atoms with Crippen molar-refractivity contribution in [3.8, 4) is 17.5 Å². The van der Waals surface area contributed by atoms with Gasteiger partial charge in [0.1, 0.15) is 0 Å². The standard InChI is InChI=1S/C16H11N7/c1-3-14(23(6-1)16-17-4-2-5-18-16)15-20-12-7-10-9-19-22-11(10)8-13(12)21-15/h1-9,19,22H. The number of benzene rings is 1. The van der Waals surface area contributed by atoms with Crippen molar-refractivity contribution < 1.29 is 0 Å². The first kappa shape index (κ1) is 12.1. The van der Waals surface area contributed by atoms with Gasteiger partial charge in [0.25, 0.3) is 0 Å². The molecule has 7 nitrogen and oxygen atoms in total. The molecule has 5 aromatic rings. The summed E-state index contributed by atoms with van der Waals surface area (Å²) >= 11 is 0. The van der Waals surface area contributed by atoms with Gasteiger partial charge in [-0.05, 0) is 30.3 Å². The van der Waals surface area contributed by atoms with Crippen molar-refractivity contribution in [2.75, 3.05) is 0 Å². The van der Waals surface area contributed by atoms with Gasteiger partial charge < -0.3 is 10.2 Å². The van der Waals surface area contributed by atoms with Crippen LogP contribution in [0.3, 0.4) is 0 Å². The molecule has 0 unspecified atom stereocenters. The average molecular weight is 301 g/mol. The Bertz CT molecular complexity index is 1070. The normalized spacial score (nSPS) is 11.5. The Hall–Kier alpha value is -3.48. The summed E-state index contributed by atoms with van der Waals surface area (Å²) in [7, 11) is 0. The van der Waals surface area contributed by atoms with Gasteiger partial charge in [0, 0.05) is 30.2 Å². The van der Waals surface area contributed by atoms with Crippen LogP contribution in [0.5, 0.6) is 0 Å². The van der Waals surface area contributed by atoms with E-state index in [2.05, 4.69) is 30.1 Å². The van der Waals surface area contributed by atoms with Gasteiger partial charge in [0.2, 0.25) is 5.95 Å². The lowest BCUT2D eigenvalue weighted by molar-refractivity contribution is 0.935. The molecule has 0 aliphatic rings. The molecular weight excluding hydrogens is 290 g/mol. The lowest BCUT2D eigenvalue weighted by atomic mass is 10.2. The first-order chi connectivity index (χ1) is 11.4. The average Bonchev–Trinajstić information content (AvgIpc) is 3.31. The van der Waals surface area contributed by atoms with E-state index in [0.29, 0.717) is 11.8 Å². The highest BCUT2D eigenvalue weighted by atomic mass is 15.2. The molecule has 2 N–H and O–H groups in total. The number of hydrogen-bond acceptors (Lipinski definition) is 4. The number of fused-ring (bicyclic) bond motifs is 2. The number of H-pyrrole nitrogens is 2. The summed E-state index contributed by atoms with van der Waals surface area (Å²) < 4.78 is 1.88. The highest BCUT2D eigenvalue weighted by Crippen LogP contribution is 2.25. The Kier molecular flexibility index (Phi) is 2.37. The minimum Gasteiger partial charge on any atom is -0.307 e. The molecule has 7 heteroatoms. The molecule has 0 saturated heterocycles. The summed E-state index contributed by atoms with van der Waals surface area (Å²) in [5.41, 5.74) is 3.58. The number of hydrogen-bond donors (Lipinski definition) is 2. The van der Waals surface area contributed by atoms with E-state index in [-0.39, 0.29) is 0 Å². The molecule has 5 rings (SSSR count). The molecule has 23 heavy (non-hydrogen) atoms. The third kappa shape index (κ3) is 1.83. The molecule has 0 radical (unpaired) electrons. The van der Waals surface area contributed by atoms with Gasteiger partial charge in [-0.3, -0.25) is 4.57 Å². The number of imidazole rings is 1. The van der Waals surface area contributed by atoms with Crippen LogP contribution in [0.25, 0.3) is 39.4 Å². The van der Waals surface area contributed by atoms with Crippen LogP contribution in [0.2, 0.25) is 0 Å². The zero-order valence-electron chi connectivity index (χ0n) is 11.9. The molecular formula is C16H11N7. The molecule has 110 valence electrons. The van der Waals surface area contributed by atoms with Crippen molar-refractivity contribution in [3.63, 3.8) is 0 Å². The molecule has 0 saturated carbocycles. The molecule has 0 aliphatic heterocycles. The van der Waals surface area contributed by atoms with Crippen molar-refractivity contribution in [1.82, 2.24) is 34.7 Å². The topological polar surface area (TPSA) is 88.1 Å². The van der Waals surface area contributed by atoms with Gasteiger partial charge in [0.15, 0.2) is 5.82 Å². The number of aromatic amines is 2. The van der Waals surface area contributed by atoms with Crippen LogP contribution in [0, 0.1) is 0 Å². The Morgan fingerprint density at radius 3 is 2.65 bits per heavy atom. The van der Waals surface area contributed by atoms with E-state index in [9.17, 15) is 0 Å². The predicted octanol–water partition coefficient (Wildman–Crippen LogP) is 2.69. The van der Waals surface area contributed by atoms with E-state index < -0.39 is 0 Å². The maximum Gasteiger partial charge on any atom is 0.234 e. The van der Waals surface area contributed by atoms with Crippen molar-refractivity contribution in [2.24, 2.45) is 0 Å². The molecule has 0 atom stereocenters. The van der Waals surface area contributed by atoms with Crippen LogP contribution < -0.4 is 0 Å². The summed E-state index contributed by atoms with van der Waals surface area (Å²) in [6, 6.07) is 9.69. The van der Waals surface area contributed by atoms with Gasteiger partial charge in [-0.25, -0.2) is 19.9 Å². The monoisotopic (exact) mass is 301 g/mol. The maximum atomic E-state index is 4.66. The maximum absolute atomic E-state index is 4.66. The molecule has 0 aliphatic carbocycles. The predicted molar refractivity (Wildman–Crippen MR) is 86.1 cm³/mol. The Labute approximate surface area is 130 Å². The second-order valence-electron chi connectivity index (χ2n) is 5.20. The van der Waals surface area contributed by atoms with Gasteiger partial charge >= 0.3 is 0 Å². The van der Waals surface area contributed by atoms with Crippen LogP contribution in [0.1, 0.15) is 0 Å². The molecule has 0 bridgehead atoms. The number of nitrogens with zero attached hydrogens (tertiary/aromatic N) is 5. The lowest BCUT2D eigenvalue weighted by Gasteiger charge is -2.03. The fourth-order valence-corrected chi connectivity index (χ4v) is 2.71. The van der Waals surface area contributed by atoms with E-state index in [1.807, 2.05) is 41.2 Å². The first-order valence-corrected chi connectivity index (χ1v) is 7.17. The van der Waals surface area contributed by atoms with Crippen molar-refractivity contribution >= 4 is 21.9 Å². The number of aromatic nitrogens is 7. The molecule has 4 aromatic heterocycles. The van der Waals surface area contributed by atoms with Gasteiger partial charge in [0.05, 0.1) is 22.2 Å². The Morgan fingerprint density at radius 1 is 0.957 bits per heavy atom. The quantitative estimate of drug-likeness (QED) is 0.524. The molecule has 4 heterocycles. The fraction of sp³-hybridized carbons (Fsp3) is 0. The van der Waals surface area contributed by atoms with Crippen molar-refractivity contribution in [2.45, 2.75) is 0 Å². The zero-order chi connectivity index (χ0) is 15.2. The van der Waals surface area contributed by atoms with Gasteiger partial charge in [-0.2, -0.15) is 0 Å². The molecule has 0 fully saturated rings. The molecule has 1 aromatic carbocycles. The third-order valence-electron chi connectivity index (χ3n) is 3.78. The summed E-state index contributed by atoms with van der Waals surface area (Å²) in [5.74, 6) is 1.26. The minimum atomic E-state index is 0.600. The van der Waals surface area contributed by atoms with E-state index in [0.717, 1.165) is 27.6 Å². The van der Waals surface area contributed by atoms with Gasteiger partial charge in [-0.1, -0.05) is 0 Å². The van der Waals surface area contributed by atoms with E-state index in [4.69, 9.17) is 0 Å². The second-order valence-corrected chi connectivity index (χ2v) is 5.20. The zero-order valence-corrected chi connectivity index (χ0v) is 11.9. The molecule has 0 spiro atoms. The number of nitrogens with one attached hydrogen (secondary N) is 2. The highest BCUT2D eigenvalue weighted by molar-refractivity contribution is 5.93. The van der Waals surface area contributed by atoms with Gasteiger partial charge in [-0.15, -0.1) is 0 Å². The van der Waals surface area contributed by atoms with E-state index >= 15 is 0 Å². The summed E-state index contributed by atoms with van der Waals surface area (Å²) in [6.45, 7) is 0. The van der Waals surface area contributed by atoms with Crippen molar-refractivity contribution in [3.05, 3.63) is 55.1 Å². The smallest absolute Gasteiger partial charge is 0.234 e. The Balaban J connectivity index is 1.70. The van der Waals surface area contributed by atoms with Crippen LogP contribution in [-0.4, -0.2) is 34.7 Å². The summed E-state index contributed by atoms with van der Waals surface area (Å²) in [4.78, 5) is 17.9. The largest absolute Gasteiger partial charge is 0.307 e. The van der Waals surface area contributed by atoms with E-state index in [1.165, 1.54) is 0 Å². The third-order valence-corrected chi connectivity index (χ3v) is 3.78. The van der Waals surface area contributed by atoms with Crippen LogP contribution >= 0.6 is 0 Å². The first-order valence-electron chi connectivity index (χ1n) is 7.17. The van der Waals surface area contributed by atoms with Crippen LogP contribution in [-0.2, 0) is 0 Å². The van der Waals surface area contributed by atoms with Crippen LogP contribution in [0.15, 0.2) is 55.1 Å². The second kappa shape index (κ2) is 4.51. The van der Waals surface area contributed by atoms with E-state index in [1.54, 1.807) is 18.5 Å². The lowest BCUT2D eigenvalue weighted by Crippen LogP contribution is -2.00. The SMILES string of the molecule is c1cnc(-n2cccc2-c2nc3cc4c[nH][nH]c4cc3n2)nc1. The minimum absolute atomic E-state index is 0.600. The highest BCUT2D eigenvalue weighted by Gasteiger charge is 2.13. The summed E-state index contributed by atoms with van der Waals surface area (Å²) in [6.07, 6.45) is 7.25.